The Morgan fingerprint density at radius 2 is 2.12 bits per heavy atom. The molecule has 0 unspecified atom stereocenters. The summed E-state index contributed by atoms with van der Waals surface area (Å²) < 4.78 is 5.20. The van der Waals surface area contributed by atoms with Gasteiger partial charge < -0.3 is 15.8 Å². The molecule has 16 heavy (non-hydrogen) atoms. The summed E-state index contributed by atoms with van der Waals surface area (Å²) in [6.07, 6.45) is 2.46. The maximum Gasteiger partial charge on any atom is 0.201 e. The van der Waals surface area contributed by atoms with E-state index in [9.17, 15) is 0 Å². The first-order chi connectivity index (χ1) is 7.79. The molecule has 3 N–H and O–H groups in total. The summed E-state index contributed by atoms with van der Waals surface area (Å²) >= 11 is 0. The molecule has 2 rings (SSSR count). The molecule has 0 fully saturated rings. The number of ether oxygens (including phenoxy) is 1. The van der Waals surface area contributed by atoms with Gasteiger partial charge in [-0.25, -0.2) is 9.97 Å². The van der Waals surface area contributed by atoms with Gasteiger partial charge in [0, 0.05) is 6.07 Å². The highest BCUT2D eigenvalue weighted by molar-refractivity contribution is 5.64. The molecule has 1 aromatic carbocycles. The van der Waals surface area contributed by atoms with E-state index >= 15 is 0 Å². The van der Waals surface area contributed by atoms with Gasteiger partial charge in [-0.05, 0) is 12.1 Å². The number of hydrogen-bond acceptors (Lipinski definition) is 5. The van der Waals surface area contributed by atoms with Crippen LogP contribution in [0.5, 0.6) is 5.75 Å². The van der Waals surface area contributed by atoms with E-state index in [0.29, 0.717) is 11.6 Å². The highest BCUT2D eigenvalue weighted by Crippen LogP contribution is 2.26. The number of nitrogens with zero attached hydrogens (tertiary/aromatic N) is 2. The zero-order valence-corrected chi connectivity index (χ0v) is 8.77. The number of hydrogen-bond donors (Lipinski definition) is 2. The summed E-state index contributed by atoms with van der Waals surface area (Å²) in [5.74, 6) is 1.68. The number of aromatic nitrogens is 2. The van der Waals surface area contributed by atoms with Gasteiger partial charge in [0.1, 0.15) is 17.4 Å². The van der Waals surface area contributed by atoms with E-state index in [2.05, 4.69) is 21.6 Å². The first-order valence-corrected chi connectivity index (χ1v) is 4.70. The second kappa shape index (κ2) is 4.48. The Morgan fingerprint density at radius 3 is 2.88 bits per heavy atom. The van der Waals surface area contributed by atoms with E-state index in [1.54, 1.807) is 13.2 Å². The lowest BCUT2D eigenvalue weighted by Crippen LogP contribution is -1.99. The minimum atomic E-state index is 0.368. The van der Waals surface area contributed by atoms with Crippen molar-refractivity contribution in [3.8, 4) is 5.75 Å². The van der Waals surface area contributed by atoms with Crippen molar-refractivity contribution in [2.75, 3.05) is 18.2 Å². The molecule has 0 saturated heterocycles. The van der Waals surface area contributed by atoms with Gasteiger partial charge in [-0.15, -0.1) is 0 Å². The van der Waals surface area contributed by atoms with Crippen LogP contribution in [0.15, 0.2) is 30.3 Å². The van der Waals surface area contributed by atoms with Crippen molar-refractivity contribution in [1.29, 1.82) is 0 Å². The fourth-order valence-electron chi connectivity index (χ4n) is 1.29. The second-order valence-electron chi connectivity index (χ2n) is 3.10. The van der Waals surface area contributed by atoms with Gasteiger partial charge in [0.15, 0.2) is 0 Å². The van der Waals surface area contributed by atoms with Crippen molar-refractivity contribution < 1.29 is 4.74 Å². The summed E-state index contributed by atoms with van der Waals surface area (Å²) in [6, 6.07) is 9.17. The Labute approximate surface area is 93.3 Å². The molecule has 0 spiro atoms. The number of methoxy groups -OCH3 is 1. The van der Waals surface area contributed by atoms with Crippen LogP contribution >= 0.6 is 0 Å². The maximum absolute atomic E-state index is 5.53. The molecule has 0 bridgehead atoms. The van der Waals surface area contributed by atoms with Crippen LogP contribution in [0.25, 0.3) is 0 Å². The third-order valence-electron chi connectivity index (χ3n) is 2.00. The van der Waals surface area contributed by atoms with Crippen LogP contribution in [0.4, 0.5) is 17.3 Å². The predicted octanol–water partition coefficient (Wildman–Crippen LogP) is 1.61. The van der Waals surface area contributed by atoms with Gasteiger partial charge in [0.2, 0.25) is 6.33 Å². The summed E-state index contributed by atoms with van der Waals surface area (Å²) in [5.41, 5.74) is 6.35. The second-order valence-corrected chi connectivity index (χ2v) is 3.10. The molecular formula is C11H11N4O. The first kappa shape index (κ1) is 10.2. The van der Waals surface area contributed by atoms with E-state index < -0.39 is 0 Å². The summed E-state index contributed by atoms with van der Waals surface area (Å²) in [4.78, 5) is 7.62. The number of nitrogens with one attached hydrogen (secondary N) is 1. The molecule has 0 atom stereocenters. The van der Waals surface area contributed by atoms with Crippen LogP contribution in [0, 0.1) is 6.33 Å². The fourth-order valence-corrected chi connectivity index (χ4v) is 1.29. The standard InChI is InChI=1S/C11H11N4O/c1-16-9-5-3-2-4-8(9)15-11-6-10(12)13-7-14-11/h2-6H,1H3,(H3,12,13,14,15). The molecule has 1 radical (unpaired) electrons. The van der Waals surface area contributed by atoms with Crippen molar-refractivity contribution in [2.45, 2.75) is 0 Å². The highest BCUT2D eigenvalue weighted by Gasteiger charge is 2.02. The lowest BCUT2D eigenvalue weighted by atomic mass is 10.3. The van der Waals surface area contributed by atoms with Crippen LogP contribution in [-0.2, 0) is 0 Å². The molecule has 0 amide bonds. The van der Waals surface area contributed by atoms with E-state index in [0.717, 1.165) is 11.4 Å². The summed E-state index contributed by atoms with van der Waals surface area (Å²) in [6.45, 7) is 0. The van der Waals surface area contributed by atoms with Crippen molar-refractivity contribution in [3.63, 3.8) is 0 Å². The molecule has 2 aromatic rings. The summed E-state index contributed by atoms with van der Waals surface area (Å²) in [5, 5.41) is 3.08. The van der Waals surface area contributed by atoms with E-state index in [1.165, 1.54) is 0 Å². The minimum Gasteiger partial charge on any atom is -0.495 e. The van der Waals surface area contributed by atoms with E-state index in [1.807, 2.05) is 24.3 Å². The first-order valence-electron chi connectivity index (χ1n) is 4.70. The maximum atomic E-state index is 5.53. The van der Waals surface area contributed by atoms with Gasteiger partial charge in [0.25, 0.3) is 0 Å². The average molecular weight is 215 g/mol. The van der Waals surface area contributed by atoms with Crippen molar-refractivity contribution in [1.82, 2.24) is 9.97 Å². The number of nitrogen functional groups attached to an aromatic ring is 1. The molecule has 0 aliphatic carbocycles. The van der Waals surface area contributed by atoms with E-state index in [-0.39, 0.29) is 0 Å². The van der Waals surface area contributed by atoms with Crippen LogP contribution in [0.3, 0.4) is 0 Å². The van der Waals surface area contributed by atoms with E-state index in [4.69, 9.17) is 10.5 Å². The number of rotatable bonds is 3. The average Bonchev–Trinajstić information content (AvgIpc) is 2.30. The van der Waals surface area contributed by atoms with Crippen LogP contribution < -0.4 is 15.8 Å². The third kappa shape index (κ3) is 2.20. The normalized spacial score (nSPS) is 9.81. The highest BCUT2D eigenvalue weighted by atomic mass is 16.5. The molecule has 1 aromatic heterocycles. The monoisotopic (exact) mass is 215 g/mol. The van der Waals surface area contributed by atoms with Gasteiger partial charge in [-0.1, -0.05) is 12.1 Å². The lowest BCUT2D eigenvalue weighted by Gasteiger charge is -2.09. The predicted molar refractivity (Wildman–Crippen MR) is 61.6 cm³/mol. The Morgan fingerprint density at radius 1 is 1.31 bits per heavy atom. The van der Waals surface area contributed by atoms with Crippen LogP contribution in [0.1, 0.15) is 0 Å². The smallest absolute Gasteiger partial charge is 0.201 e. The topological polar surface area (TPSA) is 73.1 Å². The fraction of sp³-hybridized carbons (Fsp3) is 0.0909. The Balaban J connectivity index is 2.26. The molecule has 1 heterocycles. The molecule has 81 valence electrons. The van der Waals surface area contributed by atoms with Crippen molar-refractivity contribution >= 4 is 17.3 Å². The zero-order valence-electron chi connectivity index (χ0n) is 8.77. The Hall–Kier alpha value is -2.30. The SMILES string of the molecule is COc1ccccc1Nc1cc(N)n[c]n1. The van der Waals surface area contributed by atoms with Crippen molar-refractivity contribution in [2.24, 2.45) is 0 Å². The quantitative estimate of drug-likeness (QED) is 0.813. The van der Waals surface area contributed by atoms with Gasteiger partial charge in [-0.2, -0.15) is 0 Å². The largest absolute Gasteiger partial charge is 0.495 e. The third-order valence-corrected chi connectivity index (χ3v) is 2.00. The van der Waals surface area contributed by atoms with Crippen LogP contribution in [0.2, 0.25) is 0 Å². The molecule has 0 aliphatic rings. The molecular weight excluding hydrogens is 204 g/mol. The van der Waals surface area contributed by atoms with Crippen molar-refractivity contribution in [3.05, 3.63) is 36.7 Å². The number of nitrogens with two attached hydrogens (primary N) is 1. The number of para-hydroxylation sites is 2. The molecule has 5 heteroatoms. The van der Waals surface area contributed by atoms with Gasteiger partial charge in [0.05, 0.1) is 12.8 Å². The number of anilines is 3. The van der Waals surface area contributed by atoms with Crippen LogP contribution in [-0.4, -0.2) is 17.1 Å². The Kier molecular flexibility index (Phi) is 2.86. The molecule has 0 aliphatic heterocycles. The number of benzene rings is 1. The summed E-state index contributed by atoms with van der Waals surface area (Å²) in [7, 11) is 1.61. The van der Waals surface area contributed by atoms with Gasteiger partial charge >= 0.3 is 0 Å². The minimum absolute atomic E-state index is 0.368. The van der Waals surface area contributed by atoms with Gasteiger partial charge in [-0.3, -0.25) is 0 Å². The lowest BCUT2D eigenvalue weighted by molar-refractivity contribution is 0.417. The molecule has 5 nitrogen and oxygen atoms in total. The molecule has 0 saturated carbocycles. The Bertz CT molecular complexity index is 487. The zero-order chi connectivity index (χ0) is 11.4.